The van der Waals surface area contributed by atoms with Gasteiger partial charge in [0.05, 0.1) is 12.7 Å². The minimum atomic E-state index is -4.66. The van der Waals surface area contributed by atoms with Crippen molar-refractivity contribution < 1.29 is 38.6 Å². The molecule has 0 aliphatic carbocycles. The van der Waals surface area contributed by atoms with Gasteiger partial charge < -0.3 is 30.1 Å². The highest BCUT2D eigenvalue weighted by Gasteiger charge is 2.41. The Kier molecular flexibility index (Phi) is 4.69. The van der Waals surface area contributed by atoms with Gasteiger partial charge in [0.25, 0.3) is 0 Å². The molecule has 2 heterocycles. The van der Waals surface area contributed by atoms with Gasteiger partial charge in [-0.05, 0) is 12.5 Å². The summed E-state index contributed by atoms with van der Waals surface area (Å²) in [7, 11) is -4.66. The zero-order valence-corrected chi connectivity index (χ0v) is 12.0. The monoisotopic (exact) mass is 324 g/mol. The largest absolute Gasteiger partial charge is 0.469 e. The smallest absolute Gasteiger partial charge is 0.390 e. The third-order valence-electron chi connectivity index (χ3n) is 3.19. The minimum absolute atomic E-state index is 0.0580. The molecule has 4 atom stereocenters. The number of amides is 2. The van der Waals surface area contributed by atoms with Gasteiger partial charge in [0.1, 0.15) is 12.3 Å². The van der Waals surface area contributed by atoms with E-state index in [1.54, 1.807) is 6.92 Å². The molecule has 0 radical (unpaired) electrons. The topological polar surface area (TPSA) is 149 Å². The van der Waals surface area contributed by atoms with Crippen molar-refractivity contribution in [2.45, 2.75) is 38.0 Å². The zero-order chi connectivity index (χ0) is 15.8. The number of hydrogen-bond donors (Lipinski definition) is 5. The van der Waals surface area contributed by atoms with Crippen LogP contribution in [-0.4, -0.2) is 62.2 Å². The van der Waals surface area contributed by atoms with Crippen LogP contribution in [0.5, 0.6) is 0 Å². The Labute approximate surface area is 120 Å². The van der Waals surface area contributed by atoms with E-state index in [-0.39, 0.29) is 6.42 Å². The predicted molar refractivity (Wildman–Crippen MR) is 67.4 cm³/mol. The van der Waals surface area contributed by atoms with Crippen LogP contribution in [0.2, 0.25) is 0 Å². The molecule has 0 aromatic heterocycles. The van der Waals surface area contributed by atoms with Gasteiger partial charge in [-0.25, -0.2) is 9.36 Å². The van der Waals surface area contributed by atoms with Crippen molar-refractivity contribution >= 4 is 13.9 Å². The molecule has 5 N–H and O–H groups in total. The maximum Gasteiger partial charge on any atom is 0.469 e. The van der Waals surface area contributed by atoms with Crippen molar-refractivity contribution in [3.63, 3.8) is 0 Å². The fraction of sp³-hybridized carbons (Fsp3) is 0.700. The Morgan fingerprint density at radius 1 is 1.52 bits per heavy atom. The lowest BCUT2D eigenvalue weighted by Crippen LogP contribution is -2.51. The van der Waals surface area contributed by atoms with Crippen molar-refractivity contribution in [2.24, 2.45) is 0 Å². The summed E-state index contributed by atoms with van der Waals surface area (Å²) >= 11 is 0. The number of phosphoric ester groups is 1. The summed E-state index contributed by atoms with van der Waals surface area (Å²) in [6.07, 6.45) is -2.43. The average molecular weight is 324 g/mol. The highest BCUT2D eigenvalue weighted by atomic mass is 31.2. The first-order valence-electron chi connectivity index (χ1n) is 6.16. The third kappa shape index (κ3) is 4.01. The molecule has 2 amide bonds. The lowest BCUT2D eigenvalue weighted by Gasteiger charge is -2.31. The van der Waals surface area contributed by atoms with Crippen LogP contribution in [0.25, 0.3) is 0 Å². The molecule has 2 aliphatic rings. The van der Waals surface area contributed by atoms with Gasteiger partial charge in [0, 0.05) is 12.6 Å². The fourth-order valence-corrected chi connectivity index (χ4v) is 2.42. The third-order valence-corrected chi connectivity index (χ3v) is 3.68. The van der Waals surface area contributed by atoms with Gasteiger partial charge >= 0.3 is 13.9 Å². The summed E-state index contributed by atoms with van der Waals surface area (Å²) in [6, 6.07) is -0.596. The number of nitrogens with zero attached hydrogens (tertiary/aromatic N) is 1. The SMILES string of the molecule is CC1=CN([C@H]2C[C@H](O)[C@@H](COP(=O)(O)O)O2)C(=O)NC1O. The number of rotatable bonds is 4. The number of aliphatic hydroxyl groups is 2. The summed E-state index contributed by atoms with van der Waals surface area (Å²) in [4.78, 5) is 30.2. The molecule has 1 fully saturated rings. The van der Waals surface area contributed by atoms with Crippen LogP contribution >= 0.6 is 7.82 Å². The minimum Gasteiger partial charge on any atom is -0.390 e. The molecule has 0 aromatic rings. The Morgan fingerprint density at radius 2 is 2.19 bits per heavy atom. The number of hydrogen-bond acceptors (Lipinski definition) is 6. The summed E-state index contributed by atoms with van der Waals surface area (Å²) in [5, 5.41) is 21.6. The van der Waals surface area contributed by atoms with Crippen molar-refractivity contribution in [3.05, 3.63) is 11.8 Å². The number of aliphatic hydroxyl groups excluding tert-OH is 2. The van der Waals surface area contributed by atoms with Gasteiger partial charge in [-0.15, -0.1) is 0 Å². The number of carbonyl (C=O) groups is 1. The lowest BCUT2D eigenvalue weighted by molar-refractivity contribution is -0.0552. The van der Waals surface area contributed by atoms with E-state index < -0.39 is 45.1 Å². The van der Waals surface area contributed by atoms with Crippen molar-refractivity contribution in [3.8, 4) is 0 Å². The Bertz CT molecular complexity index is 491. The van der Waals surface area contributed by atoms with E-state index in [9.17, 15) is 19.6 Å². The van der Waals surface area contributed by atoms with E-state index in [0.717, 1.165) is 0 Å². The molecule has 2 aliphatic heterocycles. The van der Waals surface area contributed by atoms with Crippen LogP contribution in [0.1, 0.15) is 13.3 Å². The van der Waals surface area contributed by atoms with Crippen LogP contribution in [0.4, 0.5) is 4.79 Å². The highest BCUT2D eigenvalue weighted by Crippen LogP contribution is 2.37. The molecular weight excluding hydrogens is 307 g/mol. The number of carbonyl (C=O) groups excluding carboxylic acids is 1. The first-order chi connectivity index (χ1) is 9.67. The van der Waals surface area contributed by atoms with E-state index in [0.29, 0.717) is 5.57 Å². The lowest BCUT2D eigenvalue weighted by atomic mass is 10.2. The second kappa shape index (κ2) is 6.01. The van der Waals surface area contributed by atoms with Crippen LogP contribution in [0.15, 0.2) is 11.8 Å². The Balaban J connectivity index is 2.00. The molecular formula is C10H17N2O8P. The molecule has 10 nitrogen and oxygen atoms in total. The maximum absolute atomic E-state index is 11.8. The van der Waals surface area contributed by atoms with Gasteiger partial charge in [-0.2, -0.15) is 0 Å². The normalized spacial score (nSPS) is 33.9. The number of nitrogens with one attached hydrogen (secondary N) is 1. The highest BCUT2D eigenvalue weighted by molar-refractivity contribution is 7.46. The zero-order valence-electron chi connectivity index (χ0n) is 11.1. The van der Waals surface area contributed by atoms with E-state index >= 15 is 0 Å². The number of phosphoric acid groups is 1. The van der Waals surface area contributed by atoms with Crippen molar-refractivity contribution in [2.75, 3.05) is 6.61 Å². The summed E-state index contributed by atoms with van der Waals surface area (Å²) in [6.45, 7) is 1.11. The van der Waals surface area contributed by atoms with Crippen LogP contribution in [-0.2, 0) is 13.8 Å². The van der Waals surface area contributed by atoms with Crippen molar-refractivity contribution in [1.82, 2.24) is 10.2 Å². The summed E-state index contributed by atoms with van der Waals surface area (Å²) in [5.74, 6) is 0. The van der Waals surface area contributed by atoms with Gasteiger partial charge in [0.15, 0.2) is 6.23 Å². The molecule has 0 spiro atoms. The standard InChI is InChI=1S/C10H17N2O8P/c1-5-3-12(10(15)11-9(5)14)8-2-6(13)7(20-8)4-19-21(16,17)18/h3,6-9,13-14H,2,4H2,1H3,(H,11,15)(H2,16,17,18)/t6-,7+,8+,9?/m0/s1. The molecule has 21 heavy (non-hydrogen) atoms. The van der Waals surface area contributed by atoms with E-state index in [1.807, 2.05) is 0 Å². The Morgan fingerprint density at radius 3 is 2.81 bits per heavy atom. The van der Waals surface area contributed by atoms with Gasteiger partial charge in [-0.3, -0.25) is 9.42 Å². The summed E-state index contributed by atoms with van der Waals surface area (Å²) in [5.41, 5.74) is 0.489. The molecule has 120 valence electrons. The van der Waals surface area contributed by atoms with Crippen LogP contribution in [0.3, 0.4) is 0 Å². The Hall–Kier alpha value is -1.00. The van der Waals surface area contributed by atoms with Crippen molar-refractivity contribution in [1.29, 1.82) is 0 Å². The van der Waals surface area contributed by atoms with Gasteiger partial charge in [-0.1, -0.05) is 0 Å². The molecule has 0 bridgehead atoms. The molecule has 1 unspecified atom stereocenters. The van der Waals surface area contributed by atoms with Crippen LogP contribution in [0, 0.1) is 0 Å². The molecule has 2 rings (SSSR count). The summed E-state index contributed by atoms with van der Waals surface area (Å²) < 4.78 is 20.3. The molecule has 1 saturated heterocycles. The number of urea groups is 1. The van der Waals surface area contributed by atoms with E-state index in [1.165, 1.54) is 11.1 Å². The second-order valence-electron chi connectivity index (χ2n) is 4.85. The molecule has 11 heteroatoms. The van der Waals surface area contributed by atoms with Crippen LogP contribution < -0.4 is 5.32 Å². The molecule has 0 saturated carbocycles. The predicted octanol–water partition coefficient (Wildman–Crippen LogP) is -1.18. The van der Waals surface area contributed by atoms with Gasteiger partial charge in [0.2, 0.25) is 0 Å². The maximum atomic E-state index is 11.8. The molecule has 0 aromatic carbocycles. The number of ether oxygens (including phenoxy) is 1. The fourth-order valence-electron chi connectivity index (χ4n) is 2.07. The quantitative estimate of drug-likeness (QED) is 0.406. The first kappa shape index (κ1) is 16.4. The van der Waals surface area contributed by atoms with E-state index in [4.69, 9.17) is 14.5 Å². The second-order valence-corrected chi connectivity index (χ2v) is 6.09. The van der Waals surface area contributed by atoms with E-state index in [2.05, 4.69) is 9.84 Å². The average Bonchev–Trinajstić information content (AvgIpc) is 2.72. The first-order valence-corrected chi connectivity index (χ1v) is 7.69.